The van der Waals surface area contributed by atoms with E-state index in [1.807, 2.05) is 0 Å². The minimum absolute atomic E-state index is 0.0813. The maximum atomic E-state index is 17.5. The number of amides is 1. The number of aliphatic hydroxyl groups is 2. The number of alkyl halides is 1. The Morgan fingerprint density at radius 1 is 0.971 bits per heavy atom. The first-order valence-electron chi connectivity index (χ1n) is 23.4. The molecule has 2 unspecified atom stereocenters. The number of ether oxygens (including phenoxy) is 4. The predicted molar refractivity (Wildman–Crippen MR) is 236 cm³/mol. The number of halogens is 2. The molecule has 0 spiro atoms. The van der Waals surface area contributed by atoms with E-state index >= 15 is 8.78 Å². The highest BCUT2D eigenvalue weighted by Crippen LogP contribution is 2.70. The number of hydrogen-bond donors (Lipinski definition) is 3. The van der Waals surface area contributed by atoms with Crippen molar-refractivity contribution in [3.8, 4) is 5.75 Å². The van der Waals surface area contributed by atoms with Gasteiger partial charge in [-0.25, -0.2) is 18.4 Å². The summed E-state index contributed by atoms with van der Waals surface area (Å²) in [4.78, 5) is 93.2. The van der Waals surface area contributed by atoms with Gasteiger partial charge in [-0.2, -0.15) is 0 Å². The summed E-state index contributed by atoms with van der Waals surface area (Å²) in [5.74, 6) is -6.99. The molecule has 19 heteroatoms. The van der Waals surface area contributed by atoms with E-state index in [9.17, 15) is 48.9 Å². The third-order valence-corrected chi connectivity index (χ3v) is 16.9. The summed E-state index contributed by atoms with van der Waals surface area (Å²) in [6.45, 7) is 4.28. The van der Waals surface area contributed by atoms with Gasteiger partial charge in [0.1, 0.15) is 16.9 Å². The normalized spacial score (nSPS) is 33.8. The molecule has 1 aromatic carbocycles. The predicted octanol–water partition coefficient (Wildman–Crippen LogP) is 4.96. The van der Waals surface area contributed by atoms with Crippen molar-refractivity contribution in [2.75, 3.05) is 45.0 Å². The molecule has 2 aromatic rings. The number of esters is 2. The summed E-state index contributed by atoms with van der Waals surface area (Å²) >= 11 is 0. The quantitative estimate of drug-likeness (QED) is 0.189. The van der Waals surface area contributed by atoms with Crippen molar-refractivity contribution in [2.24, 2.45) is 34.5 Å². The third kappa shape index (κ3) is 7.23. The highest BCUT2D eigenvalue weighted by atomic mass is 19.1. The number of ketones is 2. The van der Waals surface area contributed by atoms with Crippen LogP contribution in [0.25, 0.3) is 10.9 Å². The third-order valence-electron chi connectivity index (χ3n) is 16.9. The molecular formula is C49H57F2N3O14. The van der Waals surface area contributed by atoms with Gasteiger partial charge in [0.15, 0.2) is 29.6 Å². The number of methoxy groups -OCH3 is 1. The zero-order valence-corrected chi connectivity index (χ0v) is 38.5. The molecule has 9 rings (SSSR count). The van der Waals surface area contributed by atoms with Gasteiger partial charge in [0.05, 0.1) is 43.0 Å². The summed E-state index contributed by atoms with van der Waals surface area (Å²) in [5.41, 5.74) is -7.02. The average Bonchev–Trinajstić information content (AvgIpc) is 4.02. The molecular weight excluding hydrogens is 893 g/mol. The lowest BCUT2D eigenvalue weighted by atomic mass is 9.44. The Hall–Kier alpha value is -5.69. The summed E-state index contributed by atoms with van der Waals surface area (Å²) in [5, 5.41) is 33.4. The number of aromatic nitrogens is 1. The number of rotatable bonds is 12. The minimum atomic E-state index is -2.15. The lowest BCUT2D eigenvalue weighted by Gasteiger charge is -2.62. The molecule has 366 valence electrons. The number of carbonyl (C=O) groups is 6. The number of carbonyl (C=O) groups excluding carboxylic acids is 5. The van der Waals surface area contributed by atoms with Crippen LogP contribution in [0, 0.1) is 40.3 Å². The number of likely N-dealkylation sites (tertiary alicyclic amines) is 1. The van der Waals surface area contributed by atoms with Crippen LogP contribution in [0.3, 0.4) is 0 Å². The molecule has 1 aromatic heterocycles. The first-order chi connectivity index (χ1) is 32.2. The van der Waals surface area contributed by atoms with Crippen LogP contribution in [-0.2, 0) is 33.4 Å². The standard InChI is InChI=1S/C49H57F2N3O14/c1-25-16-33-32-10-7-27-17-29(55)13-14-46(27,2)48(32,51)36(56)19-47(33,3)49(25,64)37(57)23-66-38(58)11-12-39(59)67-24-68-45(63)53-15-5-6-26-20-52(22-35(26)53)41-34(50)18-30-40(43(41)65-4)54(28-8-9-28)21-31(42(30)60)44(61)62/h13-14,17-18,21,25-26,28,32-33,35-36,56,64H,5-12,15-16,19-20,22-24H2,1-4H3,(H,61,62)/t25-,26?,32+,33+,35?,36+,46+,47+,48+,49+/m0/s1. The van der Waals surface area contributed by atoms with Crippen molar-refractivity contribution in [1.29, 1.82) is 0 Å². The highest BCUT2D eigenvalue weighted by molar-refractivity contribution is 6.01. The number of anilines is 1. The second kappa shape index (κ2) is 17.1. The number of fused-ring (bicyclic) bond motifs is 7. The Morgan fingerprint density at radius 3 is 2.38 bits per heavy atom. The monoisotopic (exact) mass is 949 g/mol. The molecule has 17 nitrogen and oxygen atoms in total. The number of hydrogen-bond acceptors (Lipinski definition) is 14. The van der Waals surface area contributed by atoms with Crippen molar-refractivity contribution in [2.45, 2.75) is 114 Å². The second-order valence-corrected chi connectivity index (χ2v) is 20.3. The van der Waals surface area contributed by atoms with E-state index in [4.69, 9.17) is 18.9 Å². The first kappa shape index (κ1) is 47.4. The summed E-state index contributed by atoms with van der Waals surface area (Å²) in [6.07, 6.45) is 5.84. The lowest BCUT2D eigenvalue weighted by molar-refractivity contribution is -0.220. The van der Waals surface area contributed by atoms with Gasteiger partial charge in [0.25, 0.3) is 0 Å². The fourth-order valence-electron chi connectivity index (χ4n) is 13.3. The van der Waals surface area contributed by atoms with Crippen LogP contribution < -0.4 is 15.1 Å². The molecule has 0 radical (unpaired) electrons. The van der Waals surface area contributed by atoms with Crippen molar-refractivity contribution in [3.63, 3.8) is 0 Å². The second-order valence-electron chi connectivity index (χ2n) is 20.3. The summed E-state index contributed by atoms with van der Waals surface area (Å²) in [6, 6.07) is 0.539. The summed E-state index contributed by atoms with van der Waals surface area (Å²) in [7, 11) is 1.35. The minimum Gasteiger partial charge on any atom is -0.492 e. The van der Waals surface area contributed by atoms with Crippen LogP contribution in [0.2, 0.25) is 0 Å². The first-order valence-corrected chi connectivity index (χ1v) is 23.4. The number of aliphatic hydroxyl groups excluding tert-OH is 1. The number of nitrogens with zero attached hydrogens (tertiary/aromatic N) is 3. The van der Waals surface area contributed by atoms with Crippen molar-refractivity contribution in [3.05, 3.63) is 57.7 Å². The maximum Gasteiger partial charge on any atom is 0.412 e. The van der Waals surface area contributed by atoms with Crippen LogP contribution in [0.4, 0.5) is 19.3 Å². The van der Waals surface area contributed by atoms with Gasteiger partial charge >= 0.3 is 24.0 Å². The topological polar surface area (TPSA) is 229 Å². The van der Waals surface area contributed by atoms with Crippen molar-refractivity contribution >= 4 is 52.2 Å². The zero-order valence-electron chi connectivity index (χ0n) is 38.5. The van der Waals surface area contributed by atoms with E-state index in [1.165, 1.54) is 36.4 Å². The van der Waals surface area contributed by atoms with Crippen molar-refractivity contribution in [1.82, 2.24) is 9.47 Å². The van der Waals surface area contributed by atoms with Gasteiger partial charge < -0.3 is 48.6 Å². The number of Topliss-reactive ketones (excluding diaryl/α,β-unsaturated/α-hetero) is 1. The average molecular weight is 950 g/mol. The van der Waals surface area contributed by atoms with Gasteiger partial charge in [0.2, 0.25) is 18.0 Å². The van der Waals surface area contributed by atoms with Gasteiger partial charge in [0, 0.05) is 48.6 Å². The highest BCUT2D eigenvalue weighted by Gasteiger charge is 2.75. The molecule has 5 aliphatic carbocycles. The molecule has 4 saturated carbocycles. The summed E-state index contributed by atoms with van der Waals surface area (Å²) < 4.78 is 56.6. The molecule has 3 heterocycles. The molecule has 2 saturated heterocycles. The number of piperidine rings is 1. The number of benzene rings is 1. The lowest BCUT2D eigenvalue weighted by Crippen LogP contribution is -2.69. The van der Waals surface area contributed by atoms with Gasteiger partial charge in [-0.05, 0) is 94.3 Å². The number of carboxylic acid groups (broad SMARTS) is 1. The van der Waals surface area contributed by atoms with Crippen LogP contribution in [0.5, 0.6) is 5.75 Å². The Kier molecular flexibility index (Phi) is 11.9. The van der Waals surface area contributed by atoms with E-state index in [-0.39, 0.29) is 54.0 Å². The Labute approximate surface area is 390 Å². The Bertz CT molecular complexity index is 2630. The van der Waals surface area contributed by atoms with Crippen LogP contribution in [0.1, 0.15) is 101 Å². The Morgan fingerprint density at radius 2 is 1.69 bits per heavy atom. The van der Waals surface area contributed by atoms with Crippen LogP contribution in [-0.4, -0.2) is 124 Å². The van der Waals surface area contributed by atoms with Crippen LogP contribution >= 0.6 is 0 Å². The molecule has 10 atom stereocenters. The van der Waals surface area contributed by atoms with Gasteiger partial charge in [-0.1, -0.05) is 25.5 Å². The fraction of sp³-hybridized carbons (Fsp3) is 0.612. The molecule has 0 bridgehead atoms. The Balaban J connectivity index is 0.773. The zero-order chi connectivity index (χ0) is 48.8. The smallest absolute Gasteiger partial charge is 0.412 e. The molecule has 68 heavy (non-hydrogen) atoms. The molecule has 1 amide bonds. The number of pyridine rings is 1. The van der Waals surface area contributed by atoms with Crippen LogP contribution in [0.15, 0.2) is 40.9 Å². The van der Waals surface area contributed by atoms with E-state index in [1.54, 1.807) is 30.2 Å². The van der Waals surface area contributed by atoms with E-state index in [0.29, 0.717) is 43.4 Å². The van der Waals surface area contributed by atoms with E-state index < -0.39 is 125 Å². The number of allylic oxidation sites excluding steroid dienone is 4. The van der Waals surface area contributed by atoms with Crippen molar-refractivity contribution < 1.29 is 71.8 Å². The maximum absolute atomic E-state index is 17.5. The van der Waals surface area contributed by atoms with E-state index in [0.717, 1.165) is 25.3 Å². The number of carboxylic acids is 1. The van der Waals surface area contributed by atoms with Gasteiger partial charge in [-0.3, -0.25) is 24.0 Å². The largest absolute Gasteiger partial charge is 0.492 e. The molecule has 2 aliphatic heterocycles. The SMILES string of the molecule is COc1c(N2CC3CCCN(C(=O)OCOC(=O)CCC(=O)OCC(=O)[C@]4(O)[C@@H](C)C[C@@H]5[C@H]6CCC7=CC(=O)C=C[C@@]7(C)[C@]6(F)[C@H](O)C[C@]54C)C3C2)c(F)cc2c(=O)c(C(=O)O)cn(C3CC3)c12. The fourth-order valence-corrected chi connectivity index (χ4v) is 13.3. The van der Waals surface area contributed by atoms with Gasteiger partial charge in [-0.15, -0.1) is 0 Å². The molecule has 3 N–H and O–H groups in total. The number of aromatic carboxylic acids is 1. The molecule has 6 fully saturated rings. The molecule has 7 aliphatic rings. The van der Waals surface area contributed by atoms with E-state index in [2.05, 4.69) is 0 Å².